The van der Waals surface area contributed by atoms with Crippen LogP contribution < -0.4 is 9.47 Å². The smallest absolute Gasteiger partial charge is 0.168 e. The lowest BCUT2D eigenvalue weighted by Crippen LogP contribution is -2.08. The van der Waals surface area contributed by atoms with Gasteiger partial charge in [-0.2, -0.15) is 0 Å². The molecule has 1 heterocycles. The Kier molecular flexibility index (Phi) is 4.47. The van der Waals surface area contributed by atoms with Crippen molar-refractivity contribution in [3.63, 3.8) is 0 Å². The molecule has 3 rings (SSSR count). The van der Waals surface area contributed by atoms with E-state index in [4.69, 9.17) is 9.47 Å². The maximum Gasteiger partial charge on any atom is 0.168 e. The number of rotatable bonds is 5. The van der Waals surface area contributed by atoms with Crippen molar-refractivity contribution in [1.29, 1.82) is 0 Å². The van der Waals surface area contributed by atoms with E-state index in [1.165, 1.54) is 5.56 Å². The van der Waals surface area contributed by atoms with Crippen molar-refractivity contribution in [1.82, 2.24) is 0 Å². The first-order valence-electron chi connectivity index (χ1n) is 7.84. The predicted octanol–water partition coefficient (Wildman–Crippen LogP) is 4.82. The molecule has 1 aliphatic heterocycles. The second kappa shape index (κ2) is 6.69. The van der Waals surface area contributed by atoms with E-state index >= 15 is 0 Å². The minimum absolute atomic E-state index is 0.0894. The van der Waals surface area contributed by atoms with Crippen molar-refractivity contribution in [3.8, 4) is 11.5 Å². The third-order valence-electron chi connectivity index (χ3n) is 3.67. The molecule has 0 N–H and O–H groups in total. The number of fused-ring (bicyclic) bond motifs is 1. The van der Waals surface area contributed by atoms with Gasteiger partial charge in [-0.1, -0.05) is 30.3 Å². The average molecular weight is 307 g/mol. The predicted molar refractivity (Wildman–Crippen MR) is 95.0 cm³/mol. The fourth-order valence-electron chi connectivity index (χ4n) is 2.63. The molecule has 0 radical (unpaired) electrons. The third kappa shape index (κ3) is 3.45. The minimum atomic E-state index is 0.0894. The average Bonchev–Trinajstić information content (AvgIpc) is 2.96. The van der Waals surface area contributed by atoms with Crippen LogP contribution in [0.2, 0.25) is 0 Å². The highest BCUT2D eigenvalue weighted by molar-refractivity contribution is 6.04. The molecule has 0 saturated carbocycles. The maximum atomic E-state index is 5.93. The SMILES string of the molecule is COc1cccc(/C=C/C2=Nc3ccccc3C2)c1OC(C)C. The van der Waals surface area contributed by atoms with Crippen LogP contribution in [0.15, 0.2) is 53.5 Å². The van der Waals surface area contributed by atoms with Crippen LogP contribution in [0.3, 0.4) is 0 Å². The summed E-state index contributed by atoms with van der Waals surface area (Å²) in [6, 6.07) is 14.2. The Morgan fingerprint density at radius 3 is 2.61 bits per heavy atom. The highest BCUT2D eigenvalue weighted by Gasteiger charge is 2.13. The van der Waals surface area contributed by atoms with Gasteiger partial charge >= 0.3 is 0 Å². The monoisotopic (exact) mass is 307 g/mol. The van der Waals surface area contributed by atoms with Crippen molar-refractivity contribution < 1.29 is 9.47 Å². The summed E-state index contributed by atoms with van der Waals surface area (Å²) < 4.78 is 11.3. The molecular formula is C20H21NO2. The molecule has 2 aromatic rings. The largest absolute Gasteiger partial charge is 0.493 e. The van der Waals surface area contributed by atoms with Gasteiger partial charge in [0.2, 0.25) is 0 Å². The molecular weight excluding hydrogens is 286 g/mol. The Morgan fingerprint density at radius 1 is 1.04 bits per heavy atom. The number of hydrogen-bond donors (Lipinski definition) is 0. The number of ether oxygens (including phenoxy) is 2. The second-order valence-electron chi connectivity index (χ2n) is 5.79. The van der Waals surface area contributed by atoms with Gasteiger partial charge in [-0.15, -0.1) is 0 Å². The fourth-order valence-corrected chi connectivity index (χ4v) is 2.63. The van der Waals surface area contributed by atoms with Gasteiger partial charge in [0.1, 0.15) is 0 Å². The molecule has 0 amide bonds. The summed E-state index contributed by atoms with van der Waals surface area (Å²) in [5.41, 5.74) is 4.40. The molecule has 3 nitrogen and oxygen atoms in total. The Hall–Kier alpha value is -2.55. The Balaban J connectivity index is 1.86. The normalized spacial score (nSPS) is 13.3. The van der Waals surface area contributed by atoms with Crippen LogP contribution in [0.5, 0.6) is 11.5 Å². The van der Waals surface area contributed by atoms with E-state index in [-0.39, 0.29) is 6.10 Å². The summed E-state index contributed by atoms with van der Waals surface area (Å²) in [4.78, 5) is 4.66. The van der Waals surface area contributed by atoms with Crippen LogP contribution in [-0.2, 0) is 6.42 Å². The van der Waals surface area contributed by atoms with Crippen molar-refractivity contribution in [2.24, 2.45) is 4.99 Å². The zero-order valence-electron chi connectivity index (χ0n) is 13.7. The van der Waals surface area contributed by atoms with Gasteiger partial charge in [0.15, 0.2) is 11.5 Å². The number of methoxy groups -OCH3 is 1. The van der Waals surface area contributed by atoms with Crippen molar-refractivity contribution in [2.75, 3.05) is 7.11 Å². The van der Waals surface area contributed by atoms with Crippen molar-refractivity contribution in [2.45, 2.75) is 26.4 Å². The van der Waals surface area contributed by atoms with Gasteiger partial charge in [-0.25, -0.2) is 0 Å². The summed E-state index contributed by atoms with van der Waals surface area (Å²) in [5, 5.41) is 0. The lowest BCUT2D eigenvalue weighted by Gasteiger charge is -2.15. The zero-order valence-corrected chi connectivity index (χ0v) is 13.7. The Bertz CT molecular complexity index is 760. The molecule has 0 saturated heterocycles. The first-order chi connectivity index (χ1) is 11.2. The zero-order chi connectivity index (χ0) is 16.2. The number of allylic oxidation sites excluding steroid dienone is 1. The van der Waals surface area contributed by atoms with Crippen LogP contribution >= 0.6 is 0 Å². The number of benzene rings is 2. The molecule has 118 valence electrons. The van der Waals surface area contributed by atoms with E-state index in [0.29, 0.717) is 0 Å². The molecule has 0 spiro atoms. The van der Waals surface area contributed by atoms with Gasteiger partial charge in [0.25, 0.3) is 0 Å². The first kappa shape index (κ1) is 15.3. The molecule has 0 aliphatic carbocycles. The highest BCUT2D eigenvalue weighted by atomic mass is 16.5. The molecule has 0 atom stereocenters. The molecule has 0 aromatic heterocycles. The van der Waals surface area contributed by atoms with E-state index in [1.807, 2.05) is 44.2 Å². The number of hydrogen-bond acceptors (Lipinski definition) is 3. The van der Waals surface area contributed by atoms with Crippen LogP contribution in [0.1, 0.15) is 25.0 Å². The lowest BCUT2D eigenvalue weighted by atomic mass is 10.1. The molecule has 0 unspecified atom stereocenters. The first-order valence-corrected chi connectivity index (χ1v) is 7.84. The van der Waals surface area contributed by atoms with Gasteiger partial charge in [-0.3, -0.25) is 4.99 Å². The summed E-state index contributed by atoms with van der Waals surface area (Å²) in [5.74, 6) is 1.52. The second-order valence-corrected chi connectivity index (χ2v) is 5.79. The highest BCUT2D eigenvalue weighted by Crippen LogP contribution is 2.33. The van der Waals surface area contributed by atoms with Gasteiger partial charge in [0, 0.05) is 17.7 Å². The van der Waals surface area contributed by atoms with E-state index in [1.54, 1.807) is 7.11 Å². The number of para-hydroxylation sites is 2. The van der Waals surface area contributed by atoms with Crippen molar-refractivity contribution in [3.05, 3.63) is 59.7 Å². The summed E-state index contributed by atoms with van der Waals surface area (Å²) >= 11 is 0. The minimum Gasteiger partial charge on any atom is -0.493 e. The molecule has 3 heteroatoms. The quantitative estimate of drug-likeness (QED) is 0.792. The maximum absolute atomic E-state index is 5.93. The molecule has 23 heavy (non-hydrogen) atoms. The van der Waals surface area contributed by atoms with Crippen molar-refractivity contribution >= 4 is 17.5 Å². The van der Waals surface area contributed by atoms with Crippen LogP contribution in [0.25, 0.3) is 6.08 Å². The topological polar surface area (TPSA) is 30.8 Å². The number of nitrogens with zero attached hydrogens (tertiary/aromatic N) is 1. The molecule has 2 aromatic carbocycles. The van der Waals surface area contributed by atoms with Gasteiger partial charge < -0.3 is 9.47 Å². The van der Waals surface area contributed by atoms with Gasteiger partial charge in [-0.05, 0) is 43.7 Å². The fraction of sp³-hybridized carbons (Fsp3) is 0.250. The van der Waals surface area contributed by atoms with Crippen LogP contribution in [0.4, 0.5) is 5.69 Å². The van der Waals surface area contributed by atoms with E-state index in [0.717, 1.165) is 34.9 Å². The third-order valence-corrected chi connectivity index (χ3v) is 3.67. The molecule has 0 fully saturated rings. The van der Waals surface area contributed by atoms with E-state index in [9.17, 15) is 0 Å². The summed E-state index contributed by atoms with van der Waals surface area (Å²) in [6.07, 6.45) is 5.07. The van der Waals surface area contributed by atoms with Crippen LogP contribution in [0, 0.1) is 0 Å². The molecule has 1 aliphatic rings. The Labute approximate surface area is 137 Å². The number of aliphatic imine (C=N–C) groups is 1. The van der Waals surface area contributed by atoms with Crippen LogP contribution in [-0.4, -0.2) is 18.9 Å². The standard InChI is InChI=1S/C20H21NO2/c1-14(2)23-20-15(8-6-10-19(20)22-3)11-12-17-13-16-7-4-5-9-18(16)21-17/h4-12,14H,13H2,1-3H3/b12-11+. The van der Waals surface area contributed by atoms with E-state index < -0.39 is 0 Å². The lowest BCUT2D eigenvalue weighted by molar-refractivity contribution is 0.229. The van der Waals surface area contributed by atoms with Gasteiger partial charge in [0.05, 0.1) is 18.9 Å². The Morgan fingerprint density at radius 2 is 1.87 bits per heavy atom. The molecule has 0 bridgehead atoms. The van der Waals surface area contributed by atoms with E-state index in [2.05, 4.69) is 29.3 Å². The summed E-state index contributed by atoms with van der Waals surface area (Å²) in [6.45, 7) is 4.02. The summed E-state index contributed by atoms with van der Waals surface area (Å²) in [7, 11) is 1.66.